The third-order valence-electron chi connectivity index (χ3n) is 4.70. The van der Waals surface area contributed by atoms with Gasteiger partial charge < -0.3 is 9.88 Å². The van der Waals surface area contributed by atoms with Gasteiger partial charge in [0.25, 0.3) is 5.56 Å². The number of nitrogens with zero attached hydrogens (tertiary/aromatic N) is 3. The average Bonchev–Trinajstić information content (AvgIpc) is 2.94. The van der Waals surface area contributed by atoms with Crippen molar-refractivity contribution in [1.29, 1.82) is 0 Å². The smallest absolute Gasteiger partial charge is 0.254 e. The Kier molecular flexibility index (Phi) is 3.85. The Bertz CT molecular complexity index is 798. The SMILES string of the molecule is Cc1ccnc(N2CCC2)c1CSc1nc2c(c(=O)[nH]1)CCC2. The van der Waals surface area contributed by atoms with Crippen LogP contribution in [-0.4, -0.2) is 28.0 Å². The van der Waals surface area contributed by atoms with Crippen molar-refractivity contribution in [2.45, 2.75) is 43.5 Å². The van der Waals surface area contributed by atoms with Crippen molar-refractivity contribution in [3.05, 3.63) is 45.0 Å². The summed E-state index contributed by atoms with van der Waals surface area (Å²) >= 11 is 1.60. The molecule has 2 aliphatic rings. The fraction of sp³-hybridized carbons (Fsp3) is 0.471. The van der Waals surface area contributed by atoms with Gasteiger partial charge in [0, 0.05) is 36.2 Å². The van der Waals surface area contributed by atoms with Gasteiger partial charge in [0.1, 0.15) is 5.82 Å². The van der Waals surface area contributed by atoms with Crippen LogP contribution in [0.2, 0.25) is 0 Å². The molecular formula is C17H20N4OS. The lowest BCUT2D eigenvalue weighted by Crippen LogP contribution is -2.38. The van der Waals surface area contributed by atoms with Gasteiger partial charge in [-0.1, -0.05) is 11.8 Å². The first-order valence-corrected chi connectivity index (χ1v) is 9.15. The maximum atomic E-state index is 12.1. The third-order valence-corrected chi connectivity index (χ3v) is 5.60. The summed E-state index contributed by atoms with van der Waals surface area (Å²) in [6.45, 7) is 4.30. The minimum Gasteiger partial charge on any atom is -0.356 e. The van der Waals surface area contributed by atoms with Crippen LogP contribution in [0.15, 0.2) is 22.2 Å². The summed E-state index contributed by atoms with van der Waals surface area (Å²) in [6.07, 6.45) is 5.95. The molecular weight excluding hydrogens is 308 g/mol. The number of hydrogen-bond acceptors (Lipinski definition) is 5. The number of fused-ring (bicyclic) bond motifs is 1. The van der Waals surface area contributed by atoms with Crippen LogP contribution < -0.4 is 10.5 Å². The number of aromatic amines is 1. The summed E-state index contributed by atoms with van der Waals surface area (Å²) in [7, 11) is 0. The highest BCUT2D eigenvalue weighted by molar-refractivity contribution is 7.98. The maximum absolute atomic E-state index is 12.1. The highest BCUT2D eigenvalue weighted by Crippen LogP contribution is 2.30. The number of hydrogen-bond donors (Lipinski definition) is 1. The van der Waals surface area contributed by atoms with E-state index in [0.717, 1.165) is 60.3 Å². The quantitative estimate of drug-likeness (QED) is 0.690. The molecule has 3 heterocycles. The van der Waals surface area contributed by atoms with Crippen LogP contribution in [0.25, 0.3) is 0 Å². The summed E-state index contributed by atoms with van der Waals surface area (Å²) in [4.78, 5) is 26.6. The minimum atomic E-state index is 0.0425. The van der Waals surface area contributed by atoms with Crippen molar-refractivity contribution in [2.24, 2.45) is 0 Å². The highest BCUT2D eigenvalue weighted by atomic mass is 32.2. The zero-order chi connectivity index (χ0) is 15.8. The van der Waals surface area contributed by atoms with Crippen LogP contribution in [-0.2, 0) is 18.6 Å². The molecule has 1 aliphatic carbocycles. The van der Waals surface area contributed by atoms with Gasteiger partial charge in [0.2, 0.25) is 0 Å². The van der Waals surface area contributed by atoms with Gasteiger partial charge in [-0.2, -0.15) is 0 Å². The predicted molar refractivity (Wildman–Crippen MR) is 92.2 cm³/mol. The molecule has 0 saturated carbocycles. The molecule has 6 heteroatoms. The molecule has 2 aromatic rings. The standard InChI is InChI=1S/C17H20N4OS/c1-11-6-7-18-15(21-8-3-9-21)13(11)10-23-17-19-14-5-2-4-12(14)16(22)20-17/h6-7H,2-5,8-10H2,1H3,(H,19,20,22). The molecule has 1 N–H and O–H groups in total. The molecule has 1 saturated heterocycles. The van der Waals surface area contributed by atoms with Gasteiger partial charge in [-0.3, -0.25) is 4.79 Å². The number of anilines is 1. The zero-order valence-corrected chi connectivity index (χ0v) is 14.1. The molecule has 0 amide bonds. The molecule has 0 bridgehead atoms. The first-order chi connectivity index (χ1) is 11.2. The number of aromatic nitrogens is 3. The van der Waals surface area contributed by atoms with Gasteiger partial charge >= 0.3 is 0 Å². The molecule has 4 rings (SSSR count). The second-order valence-electron chi connectivity index (χ2n) is 6.21. The van der Waals surface area contributed by atoms with Crippen molar-refractivity contribution >= 4 is 17.6 Å². The van der Waals surface area contributed by atoms with Gasteiger partial charge in [-0.15, -0.1) is 0 Å². The van der Waals surface area contributed by atoms with E-state index in [2.05, 4.69) is 32.8 Å². The molecule has 23 heavy (non-hydrogen) atoms. The Morgan fingerprint density at radius 3 is 2.96 bits per heavy atom. The fourth-order valence-corrected chi connectivity index (χ4v) is 4.16. The zero-order valence-electron chi connectivity index (χ0n) is 13.3. The number of nitrogens with one attached hydrogen (secondary N) is 1. The first-order valence-electron chi connectivity index (χ1n) is 8.16. The molecule has 0 atom stereocenters. The van der Waals surface area contributed by atoms with Crippen LogP contribution in [0.5, 0.6) is 0 Å². The molecule has 2 aromatic heterocycles. The van der Waals surface area contributed by atoms with Crippen LogP contribution in [0.4, 0.5) is 5.82 Å². The normalized spacial score (nSPS) is 16.3. The van der Waals surface area contributed by atoms with E-state index in [1.165, 1.54) is 17.5 Å². The summed E-state index contributed by atoms with van der Waals surface area (Å²) in [5.74, 6) is 1.88. The maximum Gasteiger partial charge on any atom is 0.254 e. The van der Waals surface area contributed by atoms with Gasteiger partial charge in [0.05, 0.1) is 5.69 Å². The largest absolute Gasteiger partial charge is 0.356 e. The Balaban J connectivity index is 1.58. The number of pyridine rings is 1. The highest BCUT2D eigenvalue weighted by Gasteiger charge is 2.21. The van der Waals surface area contributed by atoms with Crippen molar-refractivity contribution < 1.29 is 0 Å². The molecule has 0 radical (unpaired) electrons. The minimum absolute atomic E-state index is 0.0425. The van der Waals surface area contributed by atoms with Crippen molar-refractivity contribution in [1.82, 2.24) is 15.0 Å². The molecule has 120 valence electrons. The lowest BCUT2D eigenvalue weighted by atomic mass is 10.1. The van der Waals surface area contributed by atoms with E-state index in [1.807, 2.05) is 6.20 Å². The Hall–Kier alpha value is -1.82. The van der Waals surface area contributed by atoms with Gasteiger partial charge in [0.15, 0.2) is 5.16 Å². The molecule has 0 aromatic carbocycles. The monoisotopic (exact) mass is 328 g/mol. The number of rotatable bonds is 4. The lowest BCUT2D eigenvalue weighted by molar-refractivity contribution is 0.607. The summed E-state index contributed by atoms with van der Waals surface area (Å²) < 4.78 is 0. The number of H-pyrrole nitrogens is 1. The van der Waals surface area contributed by atoms with E-state index in [4.69, 9.17) is 0 Å². The summed E-state index contributed by atoms with van der Waals surface area (Å²) in [5, 5.41) is 0.730. The average molecular weight is 328 g/mol. The number of aryl methyl sites for hydroxylation is 2. The molecule has 0 unspecified atom stereocenters. The van der Waals surface area contributed by atoms with E-state index in [1.54, 1.807) is 11.8 Å². The second kappa shape index (κ2) is 6.00. The second-order valence-corrected chi connectivity index (χ2v) is 7.17. The Morgan fingerprint density at radius 2 is 2.17 bits per heavy atom. The first kappa shape index (κ1) is 14.8. The van der Waals surface area contributed by atoms with E-state index in [-0.39, 0.29) is 5.56 Å². The van der Waals surface area contributed by atoms with Crippen molar-refractivity contribution in [2.75, 3.05) is 18.0 Å². The van der Waals surface area contributed by atoms with Crippen molar-refractivity contribution in [3.8, 4) is 0 Å². The van der Waals surface area contributed by atoms with Gasteiger partial charge in [-0.05, 0) is 44.2 Å². The van der Waals surface area contributed by atoms with Crippen LogP contribution in [0, 0.1) is 6.92 Å². The van der Waals surface area contributed by atoms with Crippen LogP contribution in [0.1, 0.15) is 35.2 Å². The van der Waals surface area contributed by atoms with E-state index >= 15 is 0 Å². The van der Waals surface area contributed by atoms with Crippen LogP contribution in [0.3, 0.4) is 0 Å². The van der Waals surface area contributed by atoms with E-state index < -0.39 is 0 Å². The number of thioether (sulfide) groups is 1. The molecule has 1 fully saturated rings. The molecule has 5 nitrogen and oxygen atoms in total. The van der Waals surface area contributed by atoms with Gasteiger partial charge in [-0.25, -0.2) is 9.97 Å². The topological polar surface area (TPSA) is 61.9 Å². The summed E-state index contributed by atoms with van der Waals surface area (Å²) in [5.41, 5.74) is 4.41. The van der Waals surface area contributed by atoms with Crippen molar-refractivity contribution in [3.63, 3.8) is 0 Å². The van der Waals surface area contributed by atoms with Crippen LogP contribution >= 0.6 is 11.8 Å². The van der Waals surface area contributed by atoms with E-state index in [0.29, 0.717) is 0 Å². The molecule has 1 aliphatic heterocycles. The molecule has 0 spiro atoms. The third kappa shape index (κ3) is 2.76. The Morgan fingerprint density at radius 1 is 1.30 bits per heavy atom. The van der Waals surface area contributed by atoms with E-state index in [9.17, 15) is 4.79 Å². The fourth-order valence-electron chi connectivity index (χ4n) is 3.18. The Labute approximate surface area is 139 Å². The predicted octanol–water partition coefficient (Wildman–Crippen LogP) is 2.46. The lowest BCUT2D eigenvalue weighted by Gasteiger charge is -2.33. The summed E-state index contributed by atoms with van der Waals surface area (Å²) in [6, 6.07) is 2.05.